The predicted molar refractivity (Wildman–Crippen MR) is 40.7 cm³/mol. The standard InChI is InChI=1S/C8H5N3O2/c1-4-5(2-9)7(12)11-8(13)6(4)3-10/h1H3,(H2,11,12,13)/p-1. The minimum Gasteiger partial charge on any atom is -0.859 e. The van der Waals surface area contributed by atoms with Gasteiger partial charge in [0.25, 0.3) is 5.56 Å². The van der Waals surface area contributed by atoms with Crippen molar-refractivity contribution < 1.29 is 5.11 Å². The molecule has 1 aromatic heterocycles. The van der Waals surface area contributed by atoms with Gasteiger partial charge in [0.15, 0.2) is 0 Å². The summed E-state index contributed by atoms with van der Waals surface area (Å²) < 4.78 is 0. The highest BCUT2D eigenvalue weighted by Crippen LogP contribution is 2.13. The zero-order valence-electron chi connectivity index (χ0n) is 6.71. The molecule has 0 aliphatic rings. The fourth-order valence-corrected chi connectivity index (χ4v) is 0.963. The van der Waals surface area contributed by atoms with Crippen LogP contribution in [0.3, 0.4) is 0 Å². The summed E-state index contributed by atoms with van der Waals surface area (Å²) in [4.78, 5) is 12.9. The number of pyridine rings is 1. The van der Waals surface area contributed by atoms with Crippen LogP contribution < -0.4 is 10.7 Å². The fraction of sp³-hybridized carbons (Fsp3) is 0.125. The number of nitriles is 2. The molecule has 0 bridgehead atoms. The van der Waals surface area contributed by atoms with Crippen LogP contribution in [-0.4, -0.2) is 4.98 Å². The summed E-state index contributed by atoms with van der Waals surface area (Å²) in [5.41, 5.74) is -0.977. The van der Waals surface area contributed by atoms with Crippen LogP contribution in [0.1, 0.15) is 16.7 Å². The molecule has 64 valence electrons. The Labute approximate surface area is 73.5 Å². The summed E-state index contributed by atoms with van der Waals surface area (Å²) in [6.45, 7) is 1.40. The molecule has 1 rings (SSSR count). The molecular weight excluding hydrogens is 170 g/mol. The molecule has 0 aliphatic heterocycles. The lowest BCUT2D eigenvalue weighted by Crippen LogP contribution is -2.16. The molecule has 1 heterocycles. The Bertz CT molecular complexity index is 488. The number of aromatic amines is 1. The molecule has 0 aromatic carbocycles. The molecule has 5 heteroatoms. The Kier molecular flexibility index (Phi) is 2.03. The van der Waals surface area contributed by atoms with E-state index < -0.39 is 11.4 Å². The van der Waals surface area contributed by atoms with Gasteiger partial charge in [0, 0.05) is 0 Å². The Hall–Kier alpha value is -2.27. The minimum absolute atomic E-state index is 0.138. The molecule has 0 saturated carbocycles. The molecule has 1 aromatic rings. The fourth-order valence-electron chi connectivity index (χ4n) is 0.963. The van der Waals surface area contributed by atoms with E-state index in [1.54, 1.807) is 12.1 Å². The van der Waals surface area contributed by atoms with Crippen LogP contribution >= 0.6 is 0 Å². The average Bonchev–Trinajstić information content (AvgIpc) is 2.04. The first-order valence-corrected chi connectivity index (χ1v) is 3.36. The van der Waals surface area contributed by atoms with Gasteiger partial charge in [-0.15, -0.1) is 0 Å². The van der Waals surface area contributed by atoms with E-state index in [-0.39, 0.29) is 16.7 Å². The van der Waals surface area contributed by atoms with E-state index in [1.165, 1.54) is 6.92 Å². The maximum absolute atomic E-state index is 11.0. The molecule has 5 nitrogen and oxygen atoms in total. The molecule has 0 radical (unpaired) electrons. The van der Waals surface area contributed by atoms with E-state index >= 15 is 0 Å². The SMILES string of the molecule is Cc1c(C#N)c([O-])[nH]c(=O)c1C#N. The van der Waals surface area contributed by atoms with Crippen molar-refractivity contribution in [2.24, 2.45) is 0 Å². The summed E-state index contributed by atoms with van der Waals surface area (Å²) in [7, 11) is 0. The Morgan fingerprint density at radius 2 is 1.85 bits per heavy atom. The highest BCUT2D eigenvalue weighted by atomic mass is 16.3. The maximum Gasteiger partial charge on any atom is 0.265 e. The first-order chi connectivity index (χ1) is 6.11. The third-order valence-electron chi connectivity index (χ3n) is 1.65. The van der Waals surface area contributed by atoms with Gasteiger partial charge in [0.1, 0.15) is 17.7 Å². The highest BCUT2D eigenvalue weighted by Gasteiger charge is 2.08. The molecule has 0 spiro atoms. The normalized spacial score (nSPS) is 8.85. The highest BCUT2D eigenvalue weighted by molar-refractivity contribution is 5.50. The quantitative estimate of drug-likeness (QED) is 0.572. The van der Waals surface area contributed by atoms with Crippen molar-refractivity contribution >= 4 is 0 Å². The van der Waals surface area contributed by atoms with Crippen molar-refractivity contribution in [1.29, 1.82) is 10.5 Å². The second kappa shape index (κ2) is 3.00. The molecule has 0 aliphatic carbocycles. The van der Waals surface area contributed by atoms with E-state index in [0.717, 1.165) is 0 Å². The molecule has 0 amide bonds. The van der Waals surface area contributed by atoms with Crippen molar-refractivity contribution in [1.82, 2.24) is 4.98 Å². The van der Waals surface area contributed by atoms with Gasteiger partial charge in [0.05, 0.1) is 5.56 Å². The summed E-state index contributed by atoms with van der Waals surface area (Å²) >= 11 is 0. The largest absolute Gasteiger partial charge is 0.859 e. The van der Waals surface area contributed by atoms with Gasteiger partial charge >= 0.3 is 0 Å². The first-order valence-electron chi connectivity index (χ1n) is 3.36. The molecule has 0 atom stereocenters. The lowest BCUT2D eigenvalue weighted by atomic mass is 10.1. The van der Waals surface area contributed by atoms with E-state index in [0.29, 0.717) is 0 Å². The van der Waals surface area contributed by atoms with Crippen molar-refractivity contribution in [3.63, 3.8) is 0 Å². The van der Waals surface area contributed by atoms with Gasteiger partial charge in [-0.2, -0.15) is 10.5 Å². The van der Waals surface area contributed by atoms with E-state index in [9.17, 15) is 9.90 Å². The van der Waals surface area contributed by atoms with Crippen molar-refractivity contribution in [3.05, 3.63) is 27.0 Å². The second-order valence-corrected chi connectivity index (χ2v) is 2.38. The van der Waals surface area contributed by atoms with Crippen LogP contribution in [0.15, 0.2) is 4.79 Å². The monoisotopic (exact) mass is 174 g/mol. The molecule has 0 unspecified atom stereocenters. The van der Waals surface area contributed by atoms with E-state index in [1.807, 2.05) is 4.98 Å². The van der Waals surface area contributed by atoms with E-state index in [4.69, 9.17) is 10.5 Å². The molecular formula is C8H4N3O2-. The van der Waals surface area contributed by atoms with Crippen LogP contribution in [0, 0.1) is 29.6 Å². The molecule has 13 heavy (non-hydrogen) atoms. The van der Waals surface area contributed by atoms with Crippen LogP contribution in [-0.2, 0) is 0 Å². The van der Waals surface area contributed by atoms with Crippen molar-refractivity contribution in [2.45, 2.75) is 6.92 Å². The van der Waals surface area contributed by atoms with E-state index in [2.05, 4.69) is 0 Å². The smallest absolute Gasteiger partial charge is 0.265 e. The Balaban J connectivity index is 3.74. The summed E-state index contributed by atoms with van der Waals surface area (Å²) in [5.74, 6) is -0.746. The van der Waals surface area contributed by atoms with Crippen molar-refractivity contribution in [3.8, 4) is 18.0 Å². The number of hydrogen-bond acceptors (Lipinski definition) is 4. The molecule has 0 saturated heterocycles. The van der Waals surface area contributed by atoms with Gasteiger partial charge in [-0.05, 0) is 18.4 Å². The minimum atomic E-state index is -0.746. The van der Waals surface area contributed by atoms with Gasteiger partial charge in [-0.25, -0.2) is 0 Å². The topological polar surface area (TPSA) is 104 Å². The average molecular weight is 174 g/mol. The number of nitrogens with zero attached hydrogens (tertiary/aromatic N) is 2. The summed E-state index contributed by atoms with van der Waals surface area (Å²) in [6, 6.07) is 3.26. The van der Waals surface area contributed by atoms with Gasteiger partial charge in [0.2, 0.25) is 0 Å². The predicted octanol–water partition coefficient (Wildman–Crippen LogP) is -0.500. The number of H-pyrrole nitrogens is 1. The number of nitrogens with one attached hydrogen (secondary N) is 1. The molecule has 0 fully saturated rings. The van der Waals surface area contributed by atoms with Gasteiger partial charge in [-0.3, -0.25) is 4.79 Å². The third kappa shape index (κ3) is 1.23. The third-order valence-corrected chi connectivity index (χ3v) is 1.65. The first kappa shape index (κ1) is 8.82. The van der Waals surface area contributed by atoms with Crippen LogP contribution in [0.5, 0.6) is 5.88 Å². The lowest BCUT2D eigenvalue weighted by Gasteiger charge is -2.09. The van der Waals surface area contributed by atoms with Crippen LogP contribution in [0.4, 0.5) is 0 Å². The maximum atomic E-state index is 11.0. The van der Waals surface area contributed by atoms with Crippen LogP contribution in [0.25, 0.3) is 0 Å². The van der Waals surface area contributed by atoms with Crippen molar-refractivity contribution in [2.75, 3.05) is 0 Å². The van der Waals surface area contributed by atoms with Gasteiger partial charge < -0.3 is 10.1 Å². The summed E-state index contributed by atoms with van der Waals surface area (Å²) in [5, 5.41) is 28.0. The molecule has 1 N–H and O–H groups in total. The van der Waals surface area contributed by atoms with Gasteiger partial charge in [-0.1, -0.05) is 0 Å². The Morgan fingerprint density at radius 1 is 1.31 bits per heavy atom. The van der Waals surface area contributed by atoms with Crippen LogP contribution in [0.2, 0.25) is 0 Å². The second-order valence-electron chi connectivity index (χ2n) is 2.38. The number of hydrogen-bond donors (Lipinski definition) is 1. The number of rotatable bonds is 0. The number of aromatic nitrogens is 1. The summed E-state index contributed by atoms with van der Waals surface area (Å²) in [6.07, 6.45) is 0. The zero-order valence-corrected chi connectivity index (χ0v) is 6.71. The Morgan fingerprint density at radius 3 is 2.31 bits per heavy atom. The zero-order chi connectivity index (χ0) is 10.0. The lowest BCUT2D eigenvalue weighted by molar-refractivity contribution is -0.275.